The minimum atomic E-state index is -0.759. The molecule has 1 fully saturated rings. The Balaban J connectivity index is 1.73. The number of imidazole rings is 1. The van der Waals surface area contributed by atoms with Crippen LogP contribution in [0.4, 0.5) is 0 Å². The molecule has 0 radical (unpaired) electrons. The van der Waals surface area contributed by atoms with E-state index in [1.54, 1.807) is 61.1 Å². The number of aliphatic hydroxyl groups is 1. The van der Waals surface area contributed by atoms with E-state index in [1.807, 2.05) is 16.8 Å². The van der Waals surface area contributed by atoms with Crippen LogP contribution >= 0.6 is 11.6 Å². The molecule has 1 aliphatic heterocycles. The summed E-state index contributed by atoms with van der Waals surface area (Å²) in [5.41, 5.74) is 1.11. The number of hydrogen-bond acceptors (Lipinski definition) is 5. The maximum absolute atomic E-state index is 13.1. The molecular formula is C26H24ClN3O4. The van der Waals surface area contributed by atoms with Crippen LogP contribution in [-0.4, -0.2) is 44.4 Å². The van der Waals surface area contributed by atoms with Gasteiger partial charge in [-0.15, -0.1) is 0 Å². The van der Waals surface area contributed by atoms with E-state index >= 15 is 0 Å². The molecule has 2 heterocycles. The summed E-state index contributed by atoms with van der Waals surface area (Å²) < 4.78 is 7.56. The van der Waals surface area contributed by atoms with Crippen molar-refractivity contribution in [2.45, 2.75) is 19.0 Å². The fourth-order valence-corrected chi connectivity index (χ4v) is 4.12. The normalized spacial score (nSPS) is 17.2. The van der Waals surface area contributed by atoms with Crippen LogP contribution in [0.5, 0.6) is 5.75 Å². The smallest absolute Gasteiger partial charge is 0.295 e. The second kappa shape index (κ2) is 10.4. The Morgan fingerprint density at radius 1 is 1.18 bits per heavy atom. The van der Waals surface area contributed by atoms with Gasteiger partial charge in [-0.2, -0.15) is 0 Å². The van der Waals surface area contributed by atoms with Crippen LogP contribution in [0.3, 0.4) is 0 Å². The average molecular weight is 478 g/mol. The van der Waals surface area contributed by atoms with Gasteiger partial charge in [0, 0.05) is 36.1 Å². The third-order valence-corrected chi connectivity index (χ3v) is 5.83. The number of aromatic nitrogens is 2. The van der Waals surface area contributed by atoms with Gasteiger partial charge in [0.25, 0.3) is 11.7 Å². The van der Waals surface area contributed by atoms with Crippen LogP contribution in [0.1, 0.15) is 23.6 Å². The molecule has 0 spiro atoms. The van der Waals surface area contributed by atoms with Crippen LogP contribution in [0, 0.1) is 0 Å². The topological polar surface area (TPSA) is 84.7 Å². The molecule has 1 aliphatic rings. The largest absolute Gasteiger partial charge is 0.507 e. The van der Waals surface area contributed by atoms with Gasteiger partial charge >= 0.3 is 0 Å². The summed E-state index contributed by atoms with van der Waals surface area (Å²) in [5.74, 6) is -1.04. The first-order chi connectivity index (χ1) is 16.5. The molecule has 0 bridgehead atoms. The first-order valence-electron chi connectivity index (χ1n) is 10.8. The molecule has 1 saturated heterocycles. The second-order valence-electron chi connectivity index (χ2n) is 7.83. The molecule has 174 valence electrons. The highest BCUT2D eigenvalue weighted by Crippen LogP contribution is 2.40. The Hall–Kier alpha value is -3.84. The quantitative estimate of drug-likeness (QED) is 0.210. The zero-order valence-corrected chi connectivity index (χ0v) is 19.2. The number of carbonyl (C=O) groups is 2. The van der Waals surface area contributed by atoms with E-state index in [9.17, 15) is 14.7 Å². The molecule has 2 aromatic carbocycles. The molecule has 1 aromatic heterocycles. The van der Waals surface area contributed by atoms with Gasteiger partial charge in [0.1, 0.15) is 18.1 Å². The Labute approximate surface area is 202 Å². The number of rotatable bonds is 9. The molecule has 34 heavy (non-hydrogen) atoms. The third-order valence-electron chi connectivity index (χ3n) is 5.57. The van der Waals surface area contributed by atoms with Crippen molar-refractivity contribution in [1.29, 1.82) is 0 Å². The molecular weight excluding hydrogens is 454 g/mol. The number of amides is 1. The van der Waals surface area contributed by atoms with Gasteiger partial charge < -0.3 is 19.3 Å². The summed E-state index contributed by atoms with van der Waals surface area (Å²) in [6.45, 7) is 4.93. The van der Waals surface area contributed by atoms with Gasteiger partial charge in [-0.3, -0.25) is 9.59 Å². The number of likely N-dealkylation sites (tertiary alicyclic amines) is 1. The van der Waals surface area contributed by atoms with Crippen molar-refractivity contribution < 1.29 is 19.4 Å². The highest BCUT2D eigenvalue weighted by atomic mass is 35.5. The number of Topliss-reactive ketones (excluding diaryl/α,β-unsaturated/α-hetero) is 1. The Bertz CT molecular complexity index is 1220. The molecule has 4 rings (SSSR count). The van der Waals surface area contributed by atoms with E-state index < -0.39 is 17.7 Å². The van der Waals surface area contributed by atoms with Crippen molar-refractivity contribution in [3.05, 3.63) is 102 Å². The molecule has 3 aromatic rings. The predicted molar refractivity (Wildman–Crippen MR) is 129 cm³/mol. The maximum Gasteiger partial charge on any atom is 0.295 e. The fraction of sp³-hybridized carbons (Fsp3) is 0.192. The van der Waals surface area contributed by atoms with E-state index in [4.69, 9.17) is 16.3 Å². The van der Waals surface area contributed by atoms with Crippen molar-refractivity contribution in [2.24, 2.45) is 0 Å². The number of aryl methyl sites for hydroxylation is 1. The number of benzene rings is 2. The lowest BCUT2D eigenvalue weighted by Crippen LogP contribution is -2.31. The number of hydrogen-bond donors (Lipinski definition) is 1. The molecule has 1 atom stereocenters. The first kappa shape index (κ1) is 23.3. The van der Waals surface area contributed by atoms with Gasteiger partial charge in [-0.1, -0.05) is 36.4 Å². The highest BCUT2D eigenvalue weighted by Gasteiger charge is 2.45. The van der Waals surface area contributed by atoms with Crippen LogP contribution in [0.2, 0.25) is 5.02 Å². The maximum atomic E-state index is 13.1. The van der Waals surface area contributed by atoms with Crippen molar-refractivity contribution in [2.75, 3.05) is 13.2 Å². The second-order valence-corrected chi connectivity index (χ2v) is 8.26. The SMILES string of the molecule is C=CCOc1cccc([C@H]2/C(=C(\O)c3ccc(Cl)cc3)C(=O)C(=O)N2CCCn2ccnc2)c1. The van der Waals surface area contributed by atoms with Crippen LogP contribution in [-0.2, 0) is 16.1 Å². The summed E-state index contributed by atoms with van der Waals surface area (Å²) in [4.78, 5) is 31.8. The highest BCUT2D eigenvalue weighted by molar-refractivity contribution is 6.46. The number of aliphatic hydroxyl groups excluding tert-OH is 1. The minimum absolute atomic E-state index is 0.0378. The number of ketones is 1. The Morgan fingerprint density at radius 2 is 1.97 bits per heavy atom. The van der Waals surface area contributed by atoms with E-state index in [2.05, 4.69) is 11.6 Å². The van der Waals surface area contributed by atoms with Crippen molar-refractivity contribution in [3.63, 3.8) is 0 Å². The summed E-state index contributed by atoms with van der Waals surface area (Å²) >= 11 is 5.98. The number of ether oxygens (including phenoxy) is 1. The fourth-order valence-electron chi connectivity index (χ4n) is 3.99. The van der Waals surface area contributed by atoms with Gasteiger partial charge in [0.2, 0.25) is 0 Å². The summed E-state index contributed by atoms with van der Waals surface area (Å²) in [7, 11) is 0. The summed E-state index contributed by atoms with van der Waals surface area (Å²) in [5, 5.41) is 11.6. The lowest BCUT2D eigenvalue weighted by Gasteiger charge is -2.25. The Morgan fingerprint density at radius 3 is 2.68 bits per heavy atom. The summed E-state index contributed by atoms with van der Waals surface area (Å²) in [6.07, 6.45) is 7.47. The monoisotopic (exact) mass is 477 g/mol. The standard InChI is InChI=1S/C26H24ClN3O4/c1-2-15-34-21-6-3-5-19(16-21)23-22(24(31)18-7-9-20(27)10-8-18)25(32)26(33)30(23)13-4-12-29-14-11-28-17-29/h2-3,5-11,14,16-17,23,31H,1,4,12-13,15H2/b24-22+/t23-/m0/s1. The molecule has 0 unspecified atom stereocenters. The molecule has 8 heteroatoms. The zero-order valence-electron chi connectivity index (χ0n) is 18.4. The molecule has 0 saturated carbocycles. The Kier molecular flexibility index (Phi) is 7.13. The van der Waals surface area contributed by atoms with Gasteiger partial charge in [-0.05, 0) is 48.4 Å². The first-order valence-corrected chi connectivity index (χ1v) is 11.2. The number of nitrogens with zero attached hydrogens (tertiary/aromatic N) is 3. The van der Waals surface area contributed by atoms with Crippen molar-refractivity contribution >= 4 is 29.1 Å². The molecule has 1 amide bonds. The molecule has 0 aliphatic carbocycles. The zero-order chi connectivity index (χ0) is 24.1. The lowest BCUT2D eigenvalue weighted by molar-refractivity contribution is -0.139. The number of halogens is 1. The summed E-state index contributed by atoms with van der Waals surface area (Å²) in [6, 6.07) is 12.9. The van der Waals surface area contributed by atoms with Crippen LogP contribution < -0.4 is 4.74 Å². The van der Waals surface area contributed by atoms with E-state index in [0.29, 0.717) is 48.0 Å². The van der Waals surface area contributed by atoms with E-state index in [-0.39, 0.29) is 11.3 Å². The van der Waals surface area contributed by atoms with Crippen molar-refractivity contribution in [1.82, 2.24) is 14.5 Å². The average Bonchev–Trinajstić information content (AvgIpc) is 3.45. The van der Waals surface area contributed by atoms with Crippen molar-refractivity contribution in [3.8, 4) is 5.75 Å². The lowest BCUT2D eigenvalue weighted by atomic mass is 9.95. The minimum Gasteiger partial charge on any atom is -0.507 e. The van der Waals surface area contributed by atoms with Gasteiger partial charge in [0.15, 0.2) is 0 Å². The van der Waals surface area contributed by atoms with Crippen LogP contribution in [0.25, 0.3) is 5.76 Å². The number of carbonyl (C=O) groups excluding carboxylic acids is 2. The van der Waals surface area contributed by atoms with E-state index in [0.717, 1.165) is 0 Å². The van der Waals surface area contributed by atoms with Gasteiger partial charge in [0.05, 0.1) is 17.9 Å². The predicted octanol–water partition coefficient (Wildman–Crippen LogP) is 4.61. The van der Waals surface area contributed by atoms with E-state index in [1.165, 1.54) is 4.90 Å². The molecule has 7 nitrogen and oxygen atoms in total. The molecule has 1 N–H and O–H groups in total. The van der Waals surface area contributed by atoms with Gasteiger partial charge in [-0.25, -0.2) is 4.98 Å². The van der Waals surface area contributed by atoms with Crippen LogP contribution in [0.15, 0.2) is 85.5 Å². The third kappa shape index (κ3) is 4.89.